The number of urea groups is 1. The molecule has 0 unspecified atom stereocenters. The van der Waals surface area contributed by atoms with Gasteiger partial charge in [-0.05, 0) is 43.5 Å². The highest BCUT2D eigenvalue weighted by Gasteiger charge is 2.02. The molecule has 3 rings (SSSR count). The standard InChI is InChI=1S/C12H12N2OS.C7H10N4.C2H6/c1-9-4-6-10(7-5-9)13-12(15)14-11-3-2-8-16-11;1-5-6(3-9-2)7(8)11-4-10-5;1-2/h2-8H,1H3,(H2,13,14,15);3-4H,1-2H3,(H2,8,10,11);1-2H3. The van der Waals surface area contributed by atoms with Gasteiger partial charge in [-0.3, -0.25) is 10.3 Å². The molecule has 0 saturated heterocycles. The Balaban J connectivity index is 0.000000284. The van der Waals surface area contributed by atoms with Crippen molar-refractivity contribution >= 4 is 40.1 Å². The zero-order valence-electron chi connectivity index (χ0n) is 17.4. The van der Waals surface area contributed by atoms with Gasteiger partial charge < -0.3 is 11.1 Å². The van der Waals surface area contributed by atoms with Crippen LogP contribution in [0.2, 0.25) is 0 Å². The van der Waals surface area contributed by atoms with Gasteiger partial charge in [0.2, 0.25) is 0 Å². The van der Waals surface area contributed by atoms with Crippen LogP contribution in [0, 0.1) is 13.8 Å². The minimum Gasteiger partial charge on any atom is -0.383 e. The minimum absolute atomic E-state index is 0.216. The zero-order valence-corrected chi connectivity index (χ0v) is 18.2. The number of anilines is 3. The summed E-state index contributed by atoms with van der Waals surface area (Å²) in [5.74, 6) is 0.475. The van der Waals surface area contributed by atoms with Gasteiger partial charge in [0.05, 0.1) is 16.3 Å². The van der Waals surface area contributed by atoms with Gasteiger partial charge >= 0.3 is 6.03 Å². The number of aromatic nitrogens is 2. The van der Waals surface area contributed by atoms with Crippen molar-refractivity contribution in [1.29, 1.82) is 0 Å². The molecule has 2 heterocycles. The molecule has 4 N–H and O–H groups in total. The summed E-state index contributed by atoms with van der Waals surface area (Å²) in [7, 11) is 1.69. The predicted molar refractivity (Wildman–Crippen MR) is 124 cm³/mol. The first-order valence-electron chi connectivity index (χ1n) is 9.17. The van der Waals surface area contributed by atoms with Crippen molar-refractivity contribution in [3.8, 4) is 0 Å². The Morgan fingerprint density at radius 1 is 1.10 bits per heavy atom. The van der Waals surface area contributed by atoms with Gasteiger partial charge in [0.25, 0.3) is 0 Å². The van der Waals surface area contributed by atoms with Crippen molar-refractivity contribution in [3.63, 3.8) is 0 Å². The van der Waals surface area contributed by atoms with Gasteiger partial charge in [-0.1, -0.05) is 31.5 Å². The average Bonchev–Trinajstić information content (AvgIpc) is 3.22. The number of hydrogen-bond donors (Lipinski definition) is 3. The van der Waals surface area contributed by atoms with E-state index in [0.717, 1.165) is 21.9 Å². The summed E-state index contributed by atoms with van der Waals surface area (Å²) in [6.07, 6.45) is 3.10. The quantitative estimate of drug-likeness (QED) is 0.518. The fourth-order valence-corrected chi connectivity index (χ4v) is 2.66. The van der Waals surface area contributed by atoms with Crippen LogP contribution in [0.15, 0.2) is 53.1 Å². The molecule has 3 aromatic rings. The second-order valence-corrected chi connectivity index (χ2v) is 6.52. The minimum atomic E-state index is -0.216. The Kier molecular flexibility index (Phi) is 10.7. The van der Waals surface area contributed by atoms with Crippen molar-refractivity contribution < 1.29 is 4.79 Å². The second-order valence-electron chi connectivity index (χ2n) is 5.57. The van der Waals surface area contributed by atoms with Crippen LogP contribution in [0.5, 0.6) is 0 Å². The number of rotatable bonds is 3. The summed E-state index contributed by atoms with van der Waals surface area (Å²) in [4.78, 5) is 23.2. The molecular weight excluding hydrogens is 384 g/mol. The lowest BCUT2D eigenvalue weighted by Gasteiger charge is -2.05. The Hall–Kier alpha value is -3.26. The molecule has 0 bridgehead atoms. The molecule has 2 amide bonds. The molecule has 1 aromatic carbocycles. The fourth-order valence-electron chi connectivity index (χ4n) is 2.05. The second kappa shape index (κ2) is 13.0. The molecule has 2 aromatic heterocycles. The van der Waals surface area contributed by atoms with Crippen LogP contribution in [-0.2, 0) is 0 Å². The summed E-state index contributed by atoms with van der Waals surface area (Å²) in [5.41, 5.74) is 9.18. The lowest BCUT2D eigenvalue weighted by molar-refractivity contribution is 0.262. The summed E-state index contributed by atoms with van der Waals surface area (Å²) in [5, 5.41) is 8.27. The highest BCUT2D eigenvalue weighted by molar-refractivity contribution is 7.14. The van der Waals surface area contributed by atoms with Gasteiger partial charge in [-0.25, -0.2) is 14.8 Å². The number of aliphatic imine (C=N–C) groups is 1. The Labute approximate surface area is 176 Å². The first-order chi connectivity index (χ1) is 14.0. The monoisotopic (exact) mass is 412 g/mol. The Bertz CT molecular complexity index is 872. The zero-order chi connectivity index (χ0) is 21.6. The van der Waals surface area contributed by atoms with E-state index in [9.17, 15) is 4.79 Å². The van der Waals surface area contributed by atoms with Crippen molar-refractivity contribution in [2.45, 2.75) is 27.7 Å². The number of carbonyl (C=O) groups excluding carboxylic acids is 1. The van der Waals surface area contributed by atoms with E-state index < -0.39 is 0 Å². The molecular formula is C21H28N6OS. The number of aryl methyl sites for hydroxylation is 2. The van der Waals surface area contributed by atoms with Crippen LogP contribution >= 0.6 is 11.3 Å². The molecule has 0 aliphatic rings. The summed E-state index contributed by atoms with van der Waals surface area (Å²) < 4.78 is 0. The summed E-state index contributed by atoms with van der Waals surface area (Å²) in [6, 6.07) is 11.2. The number of benzene rings is 1. The number of nitrogen functional groups attached to an aromatic ring is 1. The van der Waals surface area contributed by atoms with Crippen molar-refractivity contribution in [2.75, 3.05) is 23.4 Å². The van der Waals surface area contributed by atoms with Crippen molar-refractivity contribution in [2.24, 2.45) is 4.99 Å². The van der Waals surface area contributed by atoms with Crippen LogP contribution in [0.25, 0.3) is 0 Å². The molecule has 0 spiro atoms. The third kappa shape index (κ3) is 8.52. The van der Waals surface area contributed by atoms with E-state index in [2.05, 4.69) is 25.6 Å². The number of carbonyl (C=O) groups is 1. The molecule has 7 nitrogen and oxygen atoms in total. The van der Waals surface area contributed by atoms with E-state index in [4.69, 9.17) is 5.73 Å². The molecule has 0 atom stereocenters. The molecule has 154 valence electrons. The smallest absolute Gasteiger partial charge is 0.324 e. The highest BCUT2D eigenvalue weighted by Crippen LogP contribution is 2.15. The van der Waals surface area contributed by atoms with Gasteiger partial charge in [0.15, 0.2) is 0 Å². The molecule has 29 heavy (non-hydrogen) atoms. The van der Waals surface area contributed by atoms with Crippen LogP contribution in [0.4, 0.5) is 21.3 Å². The van der Waals surface area contributed by atoms with Crippen molar-refractivity contribution in [1.82, 2.24) is 9.97 Å². The maximum atomic E-state index is 11.5. The largest absolute Gasteiger partial charge is 0.383 e. The topological polar surface area (TPSA) is 105 Å². The number of hydrogen-bond acceptors (Lipinski definition) is 6. The van der Waals surface area contributed by atoms with Gasteiger partial charge in [-0.15, -0.1) is 11.3 Å². The van der Waals surface area contributed by atoms with Crippen molar-refractivity contribution in [3.05, 3.63) is 64.9 Å². The van der Waals surface area contributed by atoms with E-state index in [1.165, 1.54) is 23.2 Å². The van der Waals surface area contributed by atoms with Crippen LogP contribution < -0.4 is 16.4 Å². The maximum Gasteiger partial charge on any atom is 0.324 e. The molecule has 8 heteroatoms. The third-order valence-electron chi connectivity index (χ3n) is 3.44. The first-order valence-corrected chi connectivity index (χ1v) is 10.0. The van der Waals surface area contributed by atoms with Crippen LogP contribution in [-0.4, -0.2) is 29.3 Å². The molecule has 0 saturated carbocycles. The highest BCUT2D eigenvalue weighted by atomic mass is 32.1. The fraction of sp³-hybridized carbons (Fsp3) is 0.238. The Morgan fingerprint density at radius 3 is 2.34 bits per heavy atom. The van der Waals surface area contributed by atoms with E-state index in [1.54, 1.807) is 13.3 Å². The lowest BCUT2D eigenvalue weighted by atomic mass is 10.2. The molecule has 0 radical (unpaired) electrons. The van der Waals surface area contributed by atoms with E-state index >= 15 is 0 Å². The normalized spacial score (nSPS) is 9.69. The van der Waals surface area contributed by atoms with Gasteiger partial charge in [0, 0.05) is 18.9 Å². The molecule has 0 fully saturated rings. The number of nitrogens with one attached hydrogen (secondary N) is 2. The van der Waals surface area contributed by atoms with Crippen LogP contribution in [0.1, 0.15) is 30.7 Å². The van der Waals surface area contributed by atoms with E-state index in [1.807, 2.05) is 69.5 Å². The van der Waals surface area contributed by atoms with E-state index in [-0.39, 0.29) is 6.03 Å². The average molecular weight is 413 g/mol. The molecule has 0 aliphatic carbocycles. The van der Waals surface area contributed by atoms with Crippen LogP contribution in [0.3, 0.4) is 0 Å². The summed E-state index contributed by atoms with van der Waals surface area (Å²) in [6.45, 7) is 7.88. The lowest BCUT2D eigenvalue weighted by Crippen LogP contribution is -2.18. The summed E-state index contributed by atoms with van der Waals surface area (Å²) >= 11 is 1.49. The van der Waals surface area contributed by atoms with Gasteiger partial charge in [0.1, 0.15) is 12.1 Å². The Morgan fingerprint density at radius 2 is 1.79 bits per heavy atom. The number of thiophene rings is 1. The SMILES string of the molecule is CC.CN=Cc1c(C)ncnc1N.Cc1ccc(NC(=O)Nc2cccs2)cc1. The maximum absolute atomic E-state index is 11.5. The predicted octanol–water partition coefficient (Wildman–Crippen LogP) is 5.14. The third-order valence-corrected chi connectivity index (χ3v) is 4.22. The number of amides is 2. The number of nitrogens with zero attached hydrogens (tertiary/aromatic N) is 3. The molecule has 0 aliphatic heterocycles. The van der Waals surface area contributed by atoms with E-state index in [0.29, 0.717) is 5.82 Å². The first kappa shape index (κ1) is 23.8. The number of nitrogens with two attached hydrogens (primary N) is 1. The van der Waals surface area contributed by atoms with Gasteiger partial charge in [-0.2, -0.15) is 0 Å².